The number of fused-ring (bicyclic) bond motifs is 1. The Hall–Kier alpha value is -3.81. The minimum Gasteiger partial charge on any atom is -0.490 e. The van der Waals surface area contributed by atoms with Crippen LogP contribution in [0.2, 0.25) is 5.02 Å². The molecular weight excluding hydrogens is 524 g/mol. The summed E-state index contributed by atoms with van der Waals surface area (Å²) in [5.74, 6) is 0.842. The van der Waals surface area contributed by atoms with Gasteiger partial charge < -0.3 is 25.8 Å². The molecule has 3 aromatic carbocycles. The highest BCUT2D eigenvalue weighted by Gasteiger charge is 2.17. The number of anilines is 2. The number of nitrogens with zero attached hydrogens (tertiary/aromatic N) is 1. The molecule has 8 heteroatoms. The summed E-state index contributed by atoms with van der Waals surface area (Å²) in [6, 6.07) is 18.0. The van der Waals surface area contributed by atoms with Crippen LogP contribution in [0.5, 0.6) is 11.5 Å². The van der Waals surface area contributed by atoms with Gasteiger partial charge in [0.25, 0.3) is 0 Å². The predicted molar refractivity (Wildman–Crippen MR) is 163 cm³/mol. The van der Waals surface area contributed by atoms with E-state index in [1.54, 1.807) is 6.20 Å². The van der Waals surface area contributed by atoms with Crippen molar-refractivity contribution >= 4 is 39.8 Å². The number of rotatable bonds is 14. The minimum absolute atomic E-state index is 0.0627. The summed E-state index contributed by atoms with van der Waals surface area (Å²) in [5, 5.41) is 8.82. The van der Waals surface area contributed by atoms with Crippen LogP contribution in [0.15, 0.2) is 60.8 Å². The Morgan fingerprint density at radius 3 is 2.38 bits per heavy atom. The second kappa shape index (κ2) is 14.0. The monoisotopic (exact) mass is 560 g/mol. The third kappa shape index (κ3) is 7.03. The number of halogens is 1. The Labute approximate surface area is 241 Å². The number of hydrogen-bond donors (Lipinski definition) is 3. The SMILES string of the molecule is CCOc1cc2ncc(CC(N)=O)c(Nc3cccc(CNCCc4ccccc4Cl)c3CC)c2cc1OCC. The molecule has 0 aliphatic carbocycles. The van der Waals surface area contributed by atoms with Crippen molar-refractivity contribution in [2.45, 2.75) is 46.6 Å². The summed E-state index contributed by atoms with van der Waals surface area (Å²) >= 11 is 6.32. The standard InChI is InChI=1S/C32H37ClN4O3/c1-4-24-22(19-35-15-14-21-10-7-8-12-26(21)33)11-9-13-27(24)37-32-23(16-31(34)38)20-36-28-18-30(40-6-3)29(39-5-2)17-25(28)32/h7-13,17-18,20,35H,4-6,14-16,19H2,1-3H3,(H2,34,38)(H,36,37). The fraction of sp³-hybridized carbons (Fsp3) is 0.312. The summed E-state index contributed by atoms with van der Waals surface area (Å²) < 4.78 is 11.7. The molecule has 1 heterocycles. The number of primary amides is 1. The number of carbonyl (C=O) groups is 1. The van der Waals surface area contributed by atoms with E-state index in [1.165, 1.54) is 11.1 Å². The first-order chi connectivity index (χ1) is 19.4. The van der Waals surface area contributed by atoms with Crippen molar-refractivity contribution in [1.29, 1.82) is 0 Å². The van der Waals surface area contributed by atoms with Crippen LogP contribution in [0.25, 0.3) is 10.9 Å². The Balaban J connectivity index is 1.66. The zero-order valence-corrected chi connectivity index (χ0v) is 24.1. The van der Waals surface area contributed by atoms with Crippen LogP contribution in [-0.4, -0.2) is 30.6 Å². The highest BCUT2D eigenvalue weighted by Crippen LogP contribution is 2.38. The molecule has 0 fully saturated rings. The summed E-state index contributed by atoms with van der Waals surface area (Å²) in [7, 11) is 0. The van der Waals surface area contributed by atoms with E-state index < -0.39 is 5.91 Å². The third-order valence-corrected chi connectivity index (χ3v) is 7.08. The van der Waals surface area contributed by atoms with Crippen molar-refractivity contribution in [1.82, 2.24) is 10.3 Å². The predicted octanol–water partition coefficient (Wildman–Crippen LogP) is 6.35. The maximum Gasteiger partial charge on any atom is 0.221 e. The van der Waals surface area contributed by atoms with Gasteiger partial charge in [0.2, 0.25) is 5.91 Å². The second-order valence-electron chi connectivity index (χ2n) is 9.42. The maximum absolute atomic E-state index is 12.0. The van der Waals surface area contributed by atoms with Gasteiger partial charge in [-0.3, -0.25) is 9.78 Å². The molecule has 0 spiro atoms. The molecule has 40 heavy (non-hydrogen) atoms. The van der Waals surface area contributed by atoms with Crippen LogP contribution in [-0.2, 0) is 30.6 Å². The fourth-order valence-corrected chi connectivity index (χ4v) is 5.09. The number of nitrogens with two attached hydrogens (primary N) is 1. The summed E-state index contributed by atoms with van der Waals surface area (Å²) in [5.41, 5.74) is 12.4. The van der Waals surface area contributed by atoms with Gasteiger partial charge in [0.05, 0.1) is 30.8 Å². The zero-order valence-electron chi connectivity index (χ0n) is 23.4. The van der Waals surface area contributed by atoms with E-state index in [9.17, 15) is 4.79 Å². The largest absolute Gasteiger partial charge is 0.490 e. The molecule has 0 saturated carbocycles. The molecule has 4 N–H and O–H groups in total. The molecule has 4 rings (SSSR count). The summed E-state index contributed by atoms with van der Waals surface area (Å²) in [6.45, 7) is 8.54. The summed E-state index contributed by atoms with van der Waals surface area (Å²) in [6.07, 6.45) is 3.45. The average molecular weight is 561 g/mol. The molecule has 4 aromatic rings. The van der Waals surface area contributed by atoms with Gasteiger partial charge in [0.15, 0.2) is 11.5 Å². The number of ether oxygens (including phenoxy) is 2. The normalized spacial score (nSPS) is 11.0. The maximum atomic E-state index is 12.0. The summed E-state index contributed by atoms with van der Waals surface area (Å²) in [4.78, 5) is 16.6. The molecule has 0 bridgehead atoms. The highest BCUT2D eigenvalue weighted by molar-refractivity contribution is 6.31. The molecule has 0 unspecified atom stereocenters. The topological polar surface area (TPSA) is 98.5 Å². The molecular formula is C32H37ClN4O3. The first-order valence-electron chi connectivity index (χ1n) is 13.8. The molecule has 0 radical (unpaired) electrons. The molecule has 1 aromatic heterocycles. The van der Waals surface area contributed by atoms with Gasteiger partial charge in [-0.1, -0.05) is 48.9 Å². The van der Waals surface area contributed by atoms with E-state index in [-0.39, 0.29) is 6.42 Å². The fourth-order valence-electron chi connectivity index (χ4n) is 4.86. The Bertz CT molecular complexity index is 1470. The van der Waals surface area contributed by atoms with Gasteiger partial charge in [0, 0.05) is 40.5 Å². The number of pyridine rings is 1. The lowest BCUT2D eigenvalue weighted by molar-refractivity contribution is -0.117. The number of benzene rings is 3. The van der Waals surface area contributed by atoms with Crippen molar-refractivity contribution in [3.05, 3.63) is 88.1 Å². The molecule has 0 aliphatic heterocycles. The lowest BCUT2D eigenvalue weighted by Crippen LogP contribution is -2.18. The number of hydrogen-bond acceptors (Lipinski definition) is 6. The lowest BCUT2D eigenvalue weighted by atomic mass is 10.0. The molecule has 7 nitrogen and oxygen atoms in total. The first-order valence-corrected chi connectivity index (χ1v) is 14.1. The van der Waals surface area contributed by atoms with Gasteiger partial charge in [-0.15, -0.1) is 0 Å². The van der Waals surface area contributed by atoms with Gasteiger partial charge in [-0.25, -0.2) is 0 Å². The van der Waals surface area contributed by atoms with E-state index in [1.807, 2.05) is 50.2 Å². The third-order valence-electron chi connectivity index (χ3n) is 6.71. The van der Waals surface area contributed by atoms with Gasteiger partial charge in [-0.2, -0.15) is 0 Å². The molecule has 210 valence electrons. The highest BCUT2D eigenvalue weighted by atomic mass is 35.5. The smallest absolute Gasteiger partial charge is 0.221 e. The van der Waals surface area contributed by atoms with Crippen LogP contribution in [0, 0.1) is 0 Å². The quantitative estimate of drug-likeness (QED) is 0.155. The van der Waals surface area contributed by atoms with Crippen molar-refractivity contribution in [2.24, 2.45) is 5.73 Å². The Kier molecular flexibility index (Phi) is 10.2. The number of amides is 1. The van der Waals surface area contributed by atoms with E-state index in [4.69, 9.17) is 26.8 Å². The van der Waals surface area contributed by atoms with Crippen LogP contribution in [0.4, 0.5) is 11.4 Å². The van der Waals surface area contributed by atoms with Crippen LogP contribution in [0.3, 0.4) is 0 Å². The Morgan fingerprint density at radius 1 is 0.950 bits per heavy atom. The zero-order chi connectivity index (χ0) is 28.5. The minimum atomic E-state index is -0.424. The molecule has 1 amide bonds. The van der Waals surface area contributed by atoms with E-state index in [0.29, 0.717) is 24.7 Å². The van der Waals surface area contributed by atoms with Crippen LogP contribution < -0.4 is 25.8 Å². The Morgan fingerprint density at radius 2 is 1.68 bits per heavy atom. The van der Waals surface area contributed by atoms with Crippen molar-refractivity contribution in [2.75, 3.05) is 25.1 Å². The van der Waals surface area contributed by atoms with Crippen molar-refractivity contribution in [3.63, 3.8) is 0 Å². The van der Waals surface area contributed by atoms with Gasteiger partial charge >= 0.3 is 0 Å². The number of nitrogens with one attached hydrogen (secondary N) is 2. The van der Waals surface area contributed by atoms with E-state index in [0.717, 1.165) is 64.4 Å². The van der Waals surface area contributed by atoms with Gasteiger partial charge in [0.1, 0.15) is 0 Å². The number of aromatic nitrogens is 1. The lowest BCUT2D eigenvalue weighted by Gasteiger charge is -2.20. The van der Waals surface area contributed by atoms with E-state index >= 15 is 0 Å². The first kappa shape index (κ1) is 29.2. The van der Waals surface area contributed by atoms with Crippen molar-refractivity contribution in [3.8, 4) is 11.5 Å². The number of carbonyl (C=O) groups excluding carboxylic acids is 1. The van der Waals surface area contributed by atoms with Gasteiger partial charge in [-0.05, 0) is 68.1 Å². The second-order valence-corrected chi connectivity index (χ2v) is 9.83. The molecule has 0 atom stereocenters. The molecule has 0 aliphatic rings. The molecule has 0 saturated heterocycles. The average Bonchev–Trinajstić information content (AvgIpc) is 2.94. The van der Waals surface area contributed by atoms with Crippen LogP contribution >= 0.6 is 11.6 Å². The van der Waals surface area contributed by atoms with Crippen LogP contribution in [0.1, 0.15) is 43.0 Å². The van der Waals surface area contributed by atoms with E-state index in [2.05, 4.69) is 40.7 Å². The van der Waals surface area contributed by atoms with Crippen molar-refractivity contribution < 1.29 is 14.3 Å².